The van der Waals surface area contributed by atoms with E-state index in [1.54, 1.807) is 0 Å². The van der Waals surface area contributed by atoms with Gasteiger partial charge in [0.2, 0.25) is 0 Å². The molecule has 1 aliphatic rings. The summed E-state index contributed by atoms with van der Waals surface area (Å²) in [4.78, 5) is 0. The second-order valence-electron chi connectivity index (χ2n) is 8.90. The Hall–Kier alpha value is -2.10. The van der Waals surface area contributed by atoms with Crippen LogP contribution < -0.4 is 11.1 Å². The van der Waals surface area contributed by atoms with Crippen LogP contribution in [-0.2, 0) is 6.42 Å². The largest absolute Gasteiger partial charge is 0.344 e. The Kier molecular flexibility index (Phi) is 7.24. The maximum atomic E-state index is 5.60. The number of benzene rings is 2. The summed E-state index contributed by atoms with van der Waals surface area (Å²) in [5.74, 6) is 0. The Morgan fingerprint density at radius 2 is 1.80 bits per heavy atom. The Morgan fingerprint density at radius 3 is 2.60 bits per heavy atom. The highest BCUT2D eigenvalue weighted by Crippen LogP contribution is 2.36. The summed E-state index contributed by atoms with van der Waals surface area (Å²) in [6, 6.07) is 16.5. The summed E-state index contributed by atoms with van der Waals surface area (Å²) in [6.07, 6.45) is 12.6. The van der Waals surface area contributed by atoms with Gasteiger partial charge in [-0.1, -0.05) is 49.6 Å². The molecular weight excluding hydrogens is 366 g/mol. The van der Waals surface area contributed by atoms with Gasteiger partial charge in [0.25, 0.3) is 0 Å². The highest BCUT2D eigenvalue weighted by Gasteiger charge is 2.19. The van der Waals surface area contributed by atoms with Gasteiger partial charge < -0.3 is 15.6 Å². The lowest BCUT2D eigenvalue weighted by molar-refractivity contribution is 0.360. The molecule has 0 spiro atoms. The van der Waals surface area contributed by atoms with Crippen molar-refractivity contribution in [3.05, 3.63) is 59.8 Å². The summed E-state index contributed by atoms with van der Waals surface area (Å²) in [5.41, 5.74) is 12.6. The van der Waals surface area contributed by atoms with Gasteiger partial charge in [-0.3, -0.25) is 0 Å². The lowest BCUT2D eigenvalue weighted by atomic mass is 9.95. The smallest absolute Gasteiger partial charge is 0.0486 e. The van der Waals surface area contributed by atoms with E-state index >= 15 is 0 Å². The van der Waals surface area contributed by atoms with E-state index in [0.717, 1.165) is 32.5 Å². The maximum absolute atomic E-state index is 5.60. The summed E-state index contributed by atoms with van der Waals surface area (Å²) >= 11 is 0. The molecule has 160 valence electrons. The minimum Gasteiger partial charge on any atom is -0.344 e. The SMILES string of the molecule is Cc1ccccc1-c1ccc2c(c1)c(CCCNCCCN)cn2C1CCCCC1. The monoisotopic (exact) mass is 403 g/mol. The molecule has 3 aromatic rings. The number of rotatable bonds is 9. The van der Waals surface area contributed by atoms with E-state index in [-0.39, 0.29) is 0 Å². The average molecular weight is 404 g/mol. The third kappa shape index (κ3) is 4.79. The zero-order valence-corrected chi connectivity index (χ0v) is 18.5. The molecule has 2 aromatic carbocycles. The zero-order valence-electron chi connectivity index (χ0n) is 18.5. The van der Waals surface area contributed by atoms with E-state index in [2.05, 4.69) is 65.5 Å². The van der Waals surface area contributed by atoms with Crippen molar-refractivity contribution in [3.8, 4) is 11.1 Å². The highest BCUT2D eigenvalue weighted by molar-refractivity contribution is 5.89. The molecule has 0 atom stereocenters. The van der Waals surface area contributed by atoms with E-state index in [9.17, 15) is 0 Å². The summed E-state index contributed by atoms with van der Waals surface area (Å²) in [7, 11) is 0. The molecule has 0 radical (unpaired) electrons. The third-order valence-corrected chi connectivity index (χ3v) is 6.70. The Bertz CT molecular complexity index is 950. The van der Waals surface area contributed by atoms with E-state index < -0.39 is 0 Å². The summed E-state index contributed by atoms with van der Waals surface area (Å²) in [6.45, 7) is 5.07. The predicted molar refractivity (Wildman–Crippen MR) is 129 cm³/mol. The van der Waals surface area contributed by atoms with Gasteiger partial charge in [0, 0.05) is 23.1 Å². The van der Waals surface area contributed by atoms with E-state index in [1.165, 1.54) is 71.7 Å². The number of hydrogen-bond donors (Lipinski definition) is 2. The van der Waals surface area contributed by atoms with Gasteiger partial charge in [-0.15, -0.1) is 0 Å². The molecule has 3 nitrogen and oxygen atoms in total. The summed E-state index contributed by atoms with van der Waals surface area (Å²) in [5, 5.41) is 4.98. The van der Waals surface area contributed by atoms with Gasteiger partial charge in [0.1, 0.15) is 0 Å². The molecule has 0 aliphatic heterocycles. The quantitative estimate of drug-likeness (QED) is 0.431. The van der Waals surface area contributed by atoms with Crippen LogP contribution in [0.1, 0.15) is 62.1 Å². The normalized spacial score (nSPS) is 15.1. The Balaban J connectivity index is 1.63. The van der Waals surface area contributed by atoms with Crippen LogP contribution in [0.4, 0.5) is 0 Å². The second kappa shape index (κ2) is 10.3. The number of aryl methyl sites for hydroxylation is 2. The molecule has 0 saturated heterocycles. The fraction of sp³-hybridized carbons (Fsp3) is 0.481. The van der Waals surface area contributed by atoms with E-state index in [0.29, 0.717) is 6.04 Å². The molecule has 1 aromatic heterocycles. The fourth-order valence-corrected chi connectivity index (χ4v) is 5.01. The van der Waals surface area contributed by atoms with Crippen molar-refractivity contribution in [1.29, 1.82) is 0 Å². The van der Waals surface area contributed by atoms with Crippen molar-refractivity contribution in [2.75, 3.05) is 19.6 Å². The van der Waals surface area contributed by atoms with Crippen molar-refractivity contribution in [2.45, 2.75) is 64.3 Å². The zero-order chi connectivity index (χ0) is 20.8. The number of hydrogen-bond acceptors (Lipinski definition) is 2. The van der Waals surface area contributed by atoms with Gasteiger partial charge in [-0.2, -0.15) is 0 Å². The molecule has 0 unspecified atom stereocenters. The second-order valence-corrected chi connectivity index (χ2v) is 8.90. The highest BCUT2D eigenvalue weighted by atomic mass is 15.0. The first-order valence-corrected chi connectivity index (χ1v) is 11.9. The molecule has 1 fully saturated rings. The Labute approximate surface area is 181 Å². The van der Waals surface area contributed by atoms with Crippen molar-refractivity contribution in [3.63, 3.8) is 0 Å². The minimum absolute atomic E-state index is 0.669. The third-order valence-electron chi connectivity index (χ3n) is 6.70. The van der Waals surface area contributed by atoms with Gasteiger partial charge in [0.15, 0.2) is 0 Å². The molecule has 1 aliphatic carbocycles. The van der Waals surface area contributed by atoms with E-state index in [4.69, 9.17) is 5.73 Å². The first kappa shape index (κ1) is 21.1. The first-order valence-electron chi connectivity index (χ1n) is 11.9. The average Bonchev–Trinajstić information content (AvgIpc) is 3.15. The lowest BCUT2D eigenvalue weighted by Crippen LogP contribution is -2.19. The molecule has 3 heteroatoms. The minimum atomic E-state index is 0.669. The Morgan fingerprint density at radius 1 is 1.00 bits per heavy atom. The van der Waals surface area contributed by atoms with Gasteiger partial charge in [0.05, 0.1) is 0 Å². The van der Waals surface area contributed by atoms with Crippen LogP contribution in [0.3, 0.4) is 0 Å². The van der Waals surface area contributed by atoms with Crippen LogP contribution in [-0.4, -0.2) is 24.2 Å². The van der Waals surface area contributed by atoms with Gasteiger partial charge in [-0.05, 0) is 93.0 Å². The number of nitrogens with one attached hydrogen (secondary N) is 1. The van der Waals surface area contributed by atoms with Crippen LogP contribution in [0.5, 0.6) is 0 Å². The molecular formula is C27H37N3. The van der Waals surface area contributed by atoms with Crippen molar-refractivity contribution in [1.82, 2.24) is 9.88 Å². The number of fused-ring (bicyclic) bond motifs is 1. The molecule has 1 saturated carbocycles. The van der Waals surface area contributed by atoms with Crippen LogP contribution in [0.2, 0.25) is 0 Å². The summed E-state index contributed by atoms with van der Waals surface area (Å²) < 4.78 is 2.60. The number of aromatic nitrogens is 1. The molecule has 4 rings (SSSR count). The lowest BCUT2D eigenvalue weighted by Gasteiger charge is -2.24. The molecule has 30 heavy (non-hydrogen) atoms. The standard InChI is InChI=1S/C27H37N3/c1-21-9-5-6-13-25(21)22-14-15-27-26(19-22)23(10-7-17-29-18-8-16-28)20-30(27)24-11-3-2-4-12-24/h5-6,9,13-15,19-20,24,29H,2-4,7-8,10-12,16-18,28H2,1H3. The first-order chi connectivity index (χ1) is 14.8. The number of nitrogens with zero attached hydrogens (tertiary/aromatic N) is 1. The van der Waals surface area contributed by atoms with Crippen LogP contribution in [0.25, 0.3) is 22.0 Å². The van der Waals surface area contributed by atoms with Crippen LogP contribution >= 0.6 is 0 Å². The van der Waals surface area contributed by atoms with Crippen molar-refractivity contribution in [2.24, 2.45) is 5.73 Å². The van der Waals surface area contributed by atoms with Crippen LogP contribution in [0, 0.1) is 6.92 Å². The molecule has 3 N–H and O–H groups in total. The number of nitrogens with two attached hydrogens (primary N) is 1. The molecule has 0 amide bonds. The molecule has 0 bridgehead atoms. The fourth-order valence-electron chi connectivity index (χ4n) is 5.01. The molecule has 1 heterocycles. The van der Waals surface area contributed by atoms with Gasteiger partial charge >= 0.3 is 0 Å². The van der Waals surface area contributed by atoms with Crippen molar-refractivity contribution >= 4 is 10.9 Å². The van der Waals surface area contributed by atoms with E-state index in [1.807, 2.05) is 0 Å². The van der Waals surface area contributed by atoms with Crippen molar-refractivity contribution < 1.29 is 0 Å². The van der Waals surface area contributed by atoms with Crippen LogP contribution in [0.15, 0.2) is 48.7 Å². The topological polar surface area (TPSA) is 43.0 Å². The predicted octanol–water partition coefficient (Wildman–Crippen LogP) is 5.99. The van der Waals surface area contributed by atoms with Gasteiger partial charge in [-0.25, -0.2) is 0 Å². The maximum Gasteiger partial charge on any atom is 0.0486 e.